The third kappa shape index (κ3) is 11.5. The van der Waals surface area contributed by atoms with E-state index in [1.165, 1.54) is 6.20 Å². The zero-order valence-electron chi connectivity index (χ0n) is 26.4. The number of carbonyl (C=O) groups is 2. The molecule has 0 heterocycles. The van der Waals surface area contributed by atoms with Crippen molar-refractivity contribution in [2.45, 2.75) is 38.1 Å². The molecule has 3 aromatic carbocycles. The van der Waals surface area contributed by atoms with Crippen LogP contribution in [0.4, 0.5) is 0 Å². The number of aldehydes is 1. The summed E-state index contributed by atoms with van der Waals surface area (Å²) in [6, 6.07) is 23.4. The van der Waals surface area contributed by atoms with E-state index in [1.807, 2.05) is 61.6 Å². The van der Waals surface area contributed by atoms with Crippen LogP contribution in [0.5, 0.6) is 5.75 Å². The van der Waals surface area contributed by atoms with Crippen LogP contribution in [-0.2, 0) is 29.1 Å². The summed E-state index contributed by atoms with van der Waals surface area (Å²) in [5.74, 6) is 0.216. The second-order valence-corrected chi connectivity index (χ2v) is 10.9. The van der Waals surface area contributed by atoms with E-state index in [2.05, 4.69) is 45.8 Å². The van der Waals surface area contributed by atoms with Gasteiger partial charge in [0.15, 0.2) is 0 Å². The summed E-state index contributed by atoms with van der Waals surface area (Å²) < 4.78 is 0. The Bertz CT molecular complexity index is 1470. The number of likely N-dealkylation sites (N-methyl/N-ethyl adjacent to an activating group) is 1. The maximum Gasteiger partial charge on any atom is 0.230 e. The molecule has 2 atom stereocenters. The van der Waals surface area contributed by atoms with Crippen LogP contribution < -0.4 is 21.9 Å². The van der Waals surface area contributed by atoms with Gasteiger partial charge in [0, 0.05) is 43.6 Å². The van der Waals surface area contributed by atoms with Crippen molar-refractivity contribution in [1.29, 1.82) is 0 Å². The van der Waals surface area contributed by atoms with E-state index in [0.29, 0.717) is 37.7 Å². The highest BCUT2D eigenvalue weighted by molar-refractivity contribution is 5.97. The number of nitrogens with zero attached hydrogens (tertiary/aromatic N) is 3. The molecule has 0 aromatic heterocycles. The fourth-order valence-electron chi connectivity index (χ4n) is 4.96. The topological polar surface area (TPSA) is 135 Å². The molecule has 0 radical (unpaired) electrons. The molecule has 0 aliphatic heterocycles. The van der Waals surface area contributed by atoms with Crippen molar-refractivity contribution < 1.29 is 14.7 Å². The quantitative estimate of drug-likeness (QED) is 0.0245. The first-order valence-electron chi connectivity index (χ1n) is 15.0. The number of amides is 1. The molecule has 6 N–H and O–H groups in total. The van der Waals surface area contributed by atoms with E-state index in [1.54, 1.807) is 35.2 Å². The van der Waals surface area contributed by atoms with E-state index < -0.39 is 12.2 Å². The van der Waals surface area contributed by atoms with E-state index >= 15 is 0 Å². The fraction of sp³-hybridized carbons (Fsp3) is 0.250. The average molecular weight is 624 g/mol. The lowest BCUT2D eigenvalue weighted by Crippen LogP contribution is -2.61. The highest BCUT2D eigenvalue weighted by atomic mass is 16.3. The van der Waals surface area contributed by atoms with Gasteiger partial charge in [-0.25, -0.2) is 10.4 Å². The number of amidine groups is 1. The summed E-state index contributed by atoms with van der Waals surface area (Å²) in [5.41, 5.74) is 16.6. The first-order valence-corrected chi connectivity index (χ1v) is 15.0. The number of carbonyl (C=O) groups excluding carboxylic acids is 2. The number of hydrazine groups is 1. The van der Waals surface area contributed by atoms with Crippen LogP contribution in [0, 0.1) is 0 Å². The Morgan fingerprint density at radius 2 is 1.74 bits per heavy atom. The number of rotatable bonds is 20. The molecule has 0 saturated heterocycles. The van der Waals surface area contributed by atoms with Crippen LogP contribution in [0.15, 0.2) is 122 Å². The van der Waals surface area contributed by atoms with Crippen LogP contribution in [-0.4, -0.2) is 65.3 Å². The van der Waals surface area contributed by atoms with Gasteiger partial charge < -0.3 is 25.9 Å². The van der Waals surface area contributed by atoms with Crippen molar-refractivity contribution in [1.82, 2.24) is 26.0 Å². The molecular formula is C36H45N7O3. The summed E-state index contributed by atoms with van der Waals surface area (Å²) in [5, 5.41) is 13.0. The number of nitrogens with two attached hydrogens (primary N) is 1. The molecule has 0 aliphatic carbocycles. The van der Waals surface area contributed by atoms with Crippen molar-refractivity contribution >= 4 is 18.0 Å². The molecule has 10 heteroatoms. The standard InChI is InChI=1S/C36H45N7O3/c1-5-19-40-41-34(25-42(4)24-30-13-10-14-31(21-30)36(37)38-6-2)43(32(26-44)22-28-15-17-33(45)18-16-28)35(46)20-27(3)39-23-29-11-8-7-9-12-29/h5-18,21,26,32,34,39-41,45H,1-3,19-20,22-25H2,4H3,(H2,37,38). The Morgan fingerprint density at radius 1 is 1.02 bits per heavy atom. The summed E-state index contributed by atoms with van der Waals surface area (Å²) >= 11 is 0. The van der Waals surface area contributed by atoms with Crippen LogP contribution in [0.3, 0.4) is 0 Å². The molecule has 3 aromatic rings. The maximum absolute atomic E-state index is 14.1. The Kier molecular flexibility index (Phi) is 14.4. The molecule has 46 heavy (non-hydrogen) atoms. The summed E-state index contributed by atoms with van der Waals surface area (Å²) in [7, 11) is 1.94. The van der Waals surface area contributed by atoms with Crippen molar-refractivity contribution in [3.8, 4) is 5.75 Å². The van der Waals surface area contributed by atoms with Gasteiger partial charge in [-0.15, -0.1) is 6.58 Å². The SMILES string of the molecule is C=CCNNC(CN(C)Cc1cccc(C(N)=NC=C)c1)N(C(=O)CC(=C)NCc1ccccc1)C(C=O)Cc1ccc(O)cc1. The van der Waals surface area contributed by atoms with Crippen LogP contribution in [0.2, 0.25) is 0 Å². The van der Waals surface area contributed by atoms with Gasteiger partial charge in [-0.2, -0.15) is 0 Å². The Morgan fingerprint density at radius 3 is 2.41 bits per heavy atom. The first kappa shape index (κ1) is 35.4. The summed E-state index contributed by atoms with van der Waals surface area (Å²) in [6.45, 7) is 13.3. The van der Waals surface area contributed by atoms with E-state index in [0.717, 1.165) is 28.5 Å². The van der Waals surface area contributed by atoms with Gasteiger partial charge in [0.05, 0.1) is 12.5 Å². The van der Waals surface area contributed by atoms with E-state index in [-0.39, 0.29) is 24.5 Å². The second kappa shape index (κ2) is 18.7. The van der Waals surface area contributed by atoms with Crippen molar-refractivity contribution in [2.75, 3.05) is 20.1 Å². The number of hydrogen-bond acceptors (Lipinski definition) is 8. The van der Waals surface area contributed by atoms with Crippen molar-refractivity contribution in [3.05, 3.63) is 139 Å². The van der Waals surface area contributed by atoms with Gasteiger partial charge in [0.25, 0.3) is 0 Å². The lowest BCUT2D eigenvalue weighted by molar-refractivity contribution is -0.140. The lowest BCUT2D eigenvalue weighted by atomic mass is 10.0. The van der Waals surface area contributed by atoms with Crippen molar-refractivity contribution in [3.63, 3.8) is 0 Å². The average Bonchev–Trinajstić information content (AvgIpc) is 3.05. The van der Waals surface area contributed by atoms with Gasteiger partial charge >= 0.3 is 0 Å². The summed E-state index contributed by atoms with van der Waals surface area (Å²) in [4.78, 5) is 34.5. The number of nitrogens with one attached hydrogen (secondary N) is 3. The minimum Gasteiger partial charge on any atom is -0.508 e. The molecule has 0 aliphatic rings. The van der Waals surface area contributed by atoms with Crippen molar-refractivity contribution in [2.24, 2.45) is 10.7 Å². The van der Waals surface area contributed by atoms with E-state index in [4.69, 9.17) is 5.73 Å². The number of phenols is 1. The third-order valence-electron chi connectivity index (χ3n) is 7.17. The normalized spacial score (nSPS) is 12.6. The molecule has 1 amide bonds. The lowest BCUT2D eigenvalue weighted by Gasteiger charge is -2.38. The monoisotopic (exact) mass is 623 g/mol. The van der Waals surface area contributed by atoms with Gasteiger partial charge in [0.1, 0.15) is 24.0 Å². The predicted molar refractivity (Wildman–Crippen MR) is 184 cm³/mol. The Labute approximate surface area is 272 Å². The summed E-state index contributed by atoms with van der Waals surface area (Å²) in [6.07, 6.45) is 3.51. The number of phenolic OH excluding ortho intramolecular Hbond substituents is 1. The Balaban J connectivity index is 1.87. The number of aromatic hydroxyl groups is 1. The minimum absolute atomic E-state index is 0.0138. The molecule has 0 fully saturated rings. The molecule has 10 nitrogen and oxygen atoms in total. The van der Waals surface area contributed by atoms with Crippen LogP contribution in [0.25, 0.3) is 0 Å². The highest BCUT2D eigenvalue weighted by Gasteiger charge is 2.32. The second-order valence-electron chi connectivity index (χ2n) is 10.9. The smallest absolute Gasteiger partial charge is 0.230 e. The molecule has 242 valence electrons. The Hall–Kier alpha value is -5.03. The first-order chi connectivity index (χ1) is 22.2. The molecule has 3 rings (SSSR count). The molecule has 0 bridgehead atoms. The highest BCUT2D eigenvalue weighted by Crippen LogP contribution is 2.18. The van der Waals surface area contributed by atoms with Crippen LogP contribution in [0.1, 0.15) is 28.7 Å². The van der Waals surface area contributed by atoms with Gasteiger partial charge in [0.2, 0.25) is 5.91 Å². The van der Waals surface area contributed by atoms with Crippen LogP contribution >= 0.6 is 0 Å². The zero-order valence-corrected chi connectivity index (χ0v) is 26.4. The molecule has 0 spiro atoms. The maximum atomic E-state index is 14.1. The minimum atomic E-state index is -0.811. The number of benzene rings is 3. The van der Waals surface area contributed by atoms with Gasteiger partial charge in [-0.3, -0.25) is 15.1 Å². The van der Waals surface area contributed by atoms with E-state index in [9.17, 15) is 14.7 Å². The predicted octanol–water partition coefficient (Wildman–Crippen LogP) is 3.61. The number of aliphatic imine (C=N–C) groups is 1. The zero-order chi connectivity index (χ0) is 33.3. The van der Waals surface area contributed by atoms with Gasteiger partial charge in [-0.1, -0.05) is 79.9 Å². The van der Waals surface area contributed by atoms with Gasteiger partial charge in [-0.05, 0) is 48.4 Å². The largest absolute Gasteiger partial charge is 0.508 e. The third-order valence-corrected chi connectivity index (χ3v) is 7.17. The molecular weight excluding hydrogens is 578 g/mol. The molecule has 0 saturated carbocycles. The molecule has 2 unspecified atom stereocenters. The fourth-order valence-corrected chi connectivity index (χ4v) is 4.96. The number of hydrogen-bond donors (Lipinski definition) is 5.